The van der Waals surface area contributed by atoms with Crippen molar-refractivity contribution in [2.45, 2.75) is 44.7 Å². The molecule has 6 nitrogen and oxygen atoms in total. The number of carbonyl (C=O) groups is 2. The summed E-state index contributed by atoms with van der Waals surface area (Å²) in [5.74, 6) is -0.527. The van der Waals surface area contributed by atoms with Gasteiger partial charge in [0.25, 0.3) is 0 Å². The van der Waals surface area contributed by atoms with Crippen molar-refractivity contribution in [2.24, 2.45) is 0 Å². The van der Waals surface area contributed by atoms with Crippen molar-refractivity contribution in [1.29, 1.82) is 0 Å². The SMILES string of the molecule is COc1ccc(CCC(=O)NC2CCc3c(c4cc(F)ccc4n3CC(=O)O)C2)cc1. The minimum absolute atomic E-state index is 0.0234. The van der Waals surface area contributed by atoms with E-state index < -0.39 is 5.97 Å². The molecule has 1 aliphatic carbocycles. The summed E-state index contributed by atoms with van der Waals surface area (Å²) in [4.78, 5) is 23.8. The van der Waals surface area contributed by atoms with E-state index >= 15 is 0 Å². The number of aryl methyl sites for hydroxylation is 1. The molecule has 1 amide bonds. The zero-order valence-corrected chi connectivity index (χ0v) is 17.4. The number of fused-ring (bicyclic) bond motifs is 3. The molecule has 0 fully saturated rings. The molecule has 7 heteroatoms. The van der Waals surface area contributed by atoms with Crippen LogP contribution >= 0.6 is 0 Å². The molecule has 0 aliphatic heterocycles. The van der Waals surface area contributed by atoms with Crippen LogP contribution in [0.15, 0.2) is 42.5 Å². The van der Waals surface area contributed by atoms with Crippen LogP contribution in [0.2, 0.25) is 0 Å². The van der Waals surface area contributed by atoms with E-state index in [9.17, 15) is 19.1 Å². The number of nitrogens with zero attached hydrogens (tertiary/aromatic N) is 1. The van der Waals surface area contributed by atoms with Crippen LogP contribution in [0.3, 0.4) is 0 Å². The van der Waals surface area contributed by atoms with Crippen LogP contribution in [0.25, 0.3) is 10.9 Å². The topological polar surface area (TPSA) is 80.6 Å². The van der Waals surface area contributed by atoms with Gasteiger partial charge >= 0.3 is 5.97 Å². The van der Waals surface area contributed by atoms with Crippen LogP contribution in [0, 0.1) is 5.82 Å². The first-order valence-electron chi connectivity index (χ1n) is 10.4. The molecule has 1 atom stereocenters. The number of amides is 1. The smallest absolute Gasteiger partial charge is 0.323 e. The molecule has 0 bridgehead atoms. The van der Waals surface area contributed by atoms with Crippen LogP contribution in [0.5, 0.6) is 5.75 Å². The fraction of sp³-hybridized carbons (Fsp3) is 0.333. The van der Waals surface area contributed by atoms with Crippen LogP contribution in [-0.4, -0.2) is 34.7 Å². The molecule has 31 heavy (non-hydrogen) atoms. The standard InChI is InChI=1S/C24H25FN2O4/c1-31-18-7-2-15(3-8-18)4-11-23(28)26-17-6-10-22-20(13-17)19-12-16(25)5-9-21(19)27(22)14-24(29)30/h2-3,5,7-9,12,17H,4,6,10-11,13-14H2,1H3,(H,26,28)(H,29,30). The normalized spacial score (nSPS) is 15.5. The highest BCUT2D eigenvalue weighted by Gasteiger charge is 2.27. The van der Waals surface area contributed by atoms with E-state index in [2.05, 4.69) is 5.32 Å². The maximum atomic E-state index is 13.9. The predicted octanol–water partition coefficient (Wildman–Crippen LogP) is 3.48. The number of carboxylic acid groups (broad SMARTS) is 1. The highest BCUT2D eigenvalue weighted by atomic mass is 19.1. The number of hydrogen-bond acceptors (Lipinski definition) is 3. The van der Waals surface area contributed by atoms with Crippen molar-refractivity contribution in [1.82, 2.24) is 9.88 Å². The van der Waals surface area contributed by atoms with E-state index in [1.807, 2.05) is 24.3 Å². The van der Waals surface area contributed by atoms with E-state index in [0.717, 1.165) is 39.9 Å². The maximum absolute atomic E-state index is 13.9. The Morgan fingerprint density at radius 2 is 2.00 bits per heavy atom. The van der Waals surface area contributed by atoms with Gasteiger partial charge in [0, 0.05) is 29.1 Å². The summed E-state index contributed by atoms with van der Waals surface area (Å²) in [6.45, 7) is -0.156. The zero-order chi connectivity index (χ0) is 22.0. The molecule has 1 aromatic heterocycles. The molecule has 0 saturated carbocycles. The van der Waals surface area contributed by atoms with Gasteiger partial charge in [-0.15, -0.1) is 0 Å². The van der Waals surface area contributed by atoms with Gasteiger partial charge in [0.1, 0.15) is 18.1 Å². The first-order valence-corrected chi connectivity index (χ1v) is 10.4. The van der Waals surface area contributed by atoms with E-state index in [-0.39, 0.29) is 24.3 Å². The van der Waals surface area contributed by atoms with Gasteiger partial charge < -0.3 is 19.7 Å². The number of halogens is 1. The minimum atomic E-state index is -0.932. The Labute approximate surface area is 179 Å². The van der Waals surface area contributed by atoms with Crippen LogP contribution in [0.4, 0.5) is 4.39 Å². The lowest BCUT2D eigenvalue weighted by molar-refractivity contribution is -0.137. The molecular formula is C24H25FN2O4. The van der Waals surface area contributed by atoms with Gasteiger partial charge in [-0.25, -0.2) is 4.39 Å². The number of aliphatic carboxylic acids is 1. The number of methoxy groups -OCH3 is 1. The monoisotopic (exact) mass is 424 g/mol. The van der Waals surface area contributed by atoms with Gasteiger partial charge in [-0.2, -0.15) is 0 Å². The number of benzene rings is 2. The summed E-state index contributed by atoms with van der Waals surface area (Å²) in [5, 5.41) is 13.1. The Balaban J connectivity index is 1.45. The highest BCUT2D eigenvalue weighted by Crippen LogP contribution is 2.33. The van der Waals surface area contributed by atoms with E-state index in [1.54, 1.807) is 17.7 Å². The Morgan fingerprint density at radius 1 is 1.23 bits per heavy atom. The second kappa shape index (κ2) is 8.79. The number of carbonyl (C=O) groups excluding carboxylic acids is 1. The molecule has 2 N–H and O–H groups in total. The molecule has 1 heterocycles. The molecule has 162 valence electrons. The summed E-state index contributed by atoms with van der Waals surface area (Å²) in [5.41, 5.74) is 3.64. The second-order valence-electron chi connectivity index (χ2n) is 7.92. The third-order valence-electron chi connectivity index (χ3n) is 5.89. The summed E-state index contributed by atoms with van der Waals surface area (Å²) in [7, 11) is 1.62. The Morgan fingerprint density at radius 3 is 2.71 bits per heavy atom. The van der Waals surface area contributed by atoms with Gasteiger partial charge in [0.15, 0.2) is 0 Å². The summed E-state index contributed by atoms with van der Waals surface area (Å²) in [6, 6.07) is 12.0. The Kier molecular flexibility index (Phi) is 5.93. The lowest BCUT2D eigenvalue weighted by atomic mass is 9.91. The molecule has 0 saturated heterocycles. The highest BCUT2D eigenvalue weighted by molar-refractivity contribution is 5.87. The average Bonchev–Trinajstić information content (AvgIpc) is 3.04. The van der Waals surface area contributed by atoms with E-state index in [1.165, 1.54) is 12.1 Å². The van der Waals surface area contributed by atoms with Crippen molar-refractivity contribution in [3.05, 3.63) is 65.1 Å². The second-order valence-corrected chi connectivity index (χ2v) is 7.92. The molecule has 0 spiro atoms. The van der Waals surface area contributed by atoms with Crippen LogP contribution < -0.4 is 10.1 Å². The van der Waals surface area contributed by atoms with Crippen LogP contribution in [0.1, 0.15) is 29.7 Å². The van der Waals surface area contributed by atoms with Crippen molar-refractivity contribution in [3.8, 4) is 5.75 Å². The number of hydrogen-bond donors (Lipinski definition) is 2. The number of aromatic nitrogens is 1. The molecule has 2 aromatic carbocycles. The van der Waals surface area contributed by atoms with Crippen molar-refractivity contribution >= 4 is 22.8 Å². The lowest BCUT2D eigenvalue weighted by Crippen LogP contribution is -2.39. The van der Waals surface area contributed by atoms with Crippen molar-refractivity contribution in [3.63, 3.8) is 0 Å². The maximum Gasteiger partial charge on any atom is 0.323 e. The number of nitrogens with one attached hydrogen (secondary N) is 1. The van der Waals surface area contributed by atoms with Crippen molar-refractivity contribution in [2.75, 3.05) is 7.11 Å². The van der Waals surface area contributed by atoms with Gasteiger partial charge in [0.2, 0.25) is 5.91 Å². The first-order chi connectivity index (χ1) is 14.9. The minimum Gasteiger partial charge on any atom is -0.497 e. The van der Waals surface area contributed by atoms with Crippen LogP contribution in [-0.2, 0) is 35.4 Å². The summed E-state index contributed by atoms with van der Waals surface area (Å²) < 4.78 is 20.8. The number of rotatable bonds is 7. The van der Waals surface area contributed by atoms with Gasteiger partial charge in [-0.3, -0.25) is 9.59 Å². The van der Waals surface area contributed by atoms with Crippen molar-refractivity contribution < 1.29 is 23.8 Å². The number of ether oxygens (including phenoxy) is 1. The Bertz CT molecular complexity index is 1120. The number of carboxylic acids is 1. The summed E-state index contributed by atoms with van der Waals surface area (Å²) >= 11 is 0. The fourth-order valence-electron chi connectivity index (χ4n) is 4.41. The lowest BCUT2D eigenvalue weighted by Gasteiger charge is -2.25. The third-order valence-corrected chi connectivity index (χ3v) is 5.89. The largest absolute Gasteiger partial charge is 0.497 e. The van der Waals surface area contributed by atoms with Gasteiger partial charge in [-0.05, 0) is 67.1 Å². The quantitative estimate of drug-likeness (QED) is 0.609. The van der Waals surface area contributed by atoms with Gasteiger partial charge in [-0.1, -0.05) is 12.1 Å². The molecule has 1 unspecified atom stereocenters. The first kappa shape index (κ1) is 20.9. The average molecular weight is 424 g/mol. The third kappa shape index (κ3) is 4.55. The molecule has 3 aromatic rings. The molecule has 4 rings (SSSR count). The summed E-state index contributed by atoms with van der Waals surface area (Å²) in [6.07, 6.45) is 2.94. The molecular weight excluding hydrogens is 399 g/mol. The zero-order valence-electron chi connectivity index (χ0n) is 17.4. The van der Waals surface area contributed by atoms with E-state index in [4.69, 9.17) is 4.74 Å². The molecule has 0 radical (unpaired) electrons. The Hall–Kier alpha value is -3.35. The van der Waals surface area contributed by atoms with Gasteiger partial charge in [0.05, 0.1) is 7.11 Å². The predicted molar refractivity (Wildman–Crippen MR) is 115 cm³/mol. The van der Waals surface area contributed by atoms with E-state index in [0.29, 0.717) is 25.7 Å². The fourth-order valence-corrected chi connectivity index (χ4v) is 4.41. The molecule has 1 aliphatic rings.